The minimum atomic E-state index is -0.503. The Morgan fingerprint density at radius 1 is 0.939 bits per heavy atom. The normalized spacial score (nSPS) is 15.7. The maximum absolute atomic E-state index is 10.3. The molecule has 1 fully saturated rings. The molecule has 0 spiro atoms. The first-order valence-corrected chi connectivity index (χ1v) is 11.6. The maximum atomic E-state index is 10.3. The largest absolute Gasteiger partial charge is 0.491 e. The Balaban J connectivity index is 1.20. The highest BCUT2D eigenvalue weighted by Gasteiger charge is 2.22. The van der Waals surface area contributed by atoms with E-state index >= 15 is 0 Å². The van der Waals surface area contributed by atoms with Gasteiger partial charge in [-0.1, -0.05) is 30.3 Å². The molecule has 1 aliphatic heterocycles. The Bertz CT molecular complexity index is 970. The lowest BCUT2D eigenvalue weighted by atomic mass is 10.1. The zero-order chi connectivity index (χ0) is 23.0. The summed E-state index contributed by atoms with van der Waals surface area (Å²) in [4.78, 5) is 8.76. The van der Waals surface area contributed by atoms with Crippen LogP contribution in [0.1, 0.15) is 12.8 Å². The molecule has 33 heavy (non-hydrogen) atoms. The van der Waals surface area contributed by atoms with Crippen LogP contribution >= 0.6 is 0 Å². The number of para-hydroxylation sites is 1. The lowest BCUT2D eigenvalue weighted by Gasteiger charge is -2.33. The molecular weight excluding hydrogens is 414 g/mol. The van der Waals surface area contributed by atoms with Gasteiger partial charge in [0.25, 0.3) is 0 Å². The third-order valence-corrected chi connectivity index (χ3v) is 5.89. The smallest absolute Gasteiger partial charge is 0.127 e. The molecule has 6 heteroatoms. The van der Waals surface area contributed by atoms with Gasteiger partial charge in [0.1, 0.15) is 36.1 Å². The molecule has 1 aliphatic rings. The van der Waals surface area contributed by atoms with Crippen molar-refractivity contribution in [2.75, 3.05) is 45.2 Å². The molecular formula is C27H33N3O3. The van der Waals surface area contributed by atoms with Gasteiger partial charge in [-0.15, -0.1) is 0 Å². The zero-order valence-electron chi connectivity index (χ0n) is 19.4. The van der Waals surface area contributed by atoms with Gasteiger partial charge < -0.3 is 24.4 Å². The second kappa shape index (κ2) is 11.2. The molecule has 1 N–H and O–H groups in total. The first kappa shape index (κ1) is 23.1. The number of β-amino-alcohol motifs (C(OH)–C–C–N with tert-alkyl or cyclic N) is 1. The highest BCUT2D eigenvalue weighted by molar-refractivity contribution is 5.64. The molecule has 3 aromatic rings. The fourth-order valence-corrected chi connectivity index (χ4v) is 4.01. The summed E-state index contributed by atoms with van der Waals surface area (Å²) in [5.41, 5.74) is 2.22. The number of pyridine rings is 1. The van der Waals surface area contributed by atoms with Crippen LogP contribution in [0.4, 0.5) is 5.82 Å². The molecule has 6 nitrogen and oxygen atoms in total. The summed E-state index contributed by atoms with van der Waals surface area (Å²) >= 11 is 0. The molecule has 0 amide bonds. The summed E-state index contributed by atoms with van der Waals surface area (Å²) in [6.45, 7) is 2.75. The average Bonchev–Trinajstić information content (AvgIpc) is 2.85. The van der Waals surface area contributed by atoms with Crippen molar-refractivity contribution in [2.24, 2.45) is 0 Å². The average molecular weight is 448 g/mol. The third-order valence-electron chi connectivity index (χ3n) is 5.89. The highest BCUT2D eigenvalue weighted by Crippen LogP contribution is 2.25. The van der Waals surface area contributed by atoms with Crippen molar-refractivity contribution in [1.29, 1.82) is 0 Å². The van der Waals surface area contributed by atoms with Gasteiger partial charge in [-0.25, -0.2) is 4.98 Å². The van der Waals surface area contributed by atoms with Gasteiger partial charge >= 0.3 is 0 Å². The summed E-state index contributed by atoms with van der Waals surface area (Å²) in [5, 5.41) is 10.3. The molecule has 4 rings (SSSR count). The maximum Gasteiger partial charge on any atom is 0.127 e. The number of nitrogens with zero attached hydrogens (tertiary/aromatic N) is 3. The predicted molar refractivity (Wildman–Crippen MR) is 132 cm³/mol. The molecule has 174 valence electrons. The Kier molecular flexibility index (Phi) is 7.81. The number of ether oxygens (including phenoxy) is 2. The van der Waals surface area contributed by atoms with E-state index < -0.39 is 6.10 Å². The molecule has 2 heterocycles. The van der Waals surface area contributed by atoms with E-state index in [2.05, 4.69) is 28.1 Å². The molecule has 0 radical (unpaired) electrons. The summed E-state index contributed by atoms with van der Waals surface area (Å²) in [5.74, 6) is 2.63. The Morgan fingerprint density at radius 3 is 2.27 bits per heavy atom. The number of aliphatic hydroxyl groups is 1. The van der Waals surface area contributed by atoms with Crippen molar-refractivity contribution < 1.29 is 14.6 Å². The first-order valence-electron chi connectivity index (χ1n) is 11.6. The van der Waals surface area contributed by atoms with Gasteiger partial charge in [-0.3, -0.25) is 0 Å². The van der Waals surface area contributed by atoms with E-state index in [1.165, 1.54) is 0 Å². The van der Waals surface area contributed by atoms with E-state index in [0.29, 0.717) is 13.2 Å². The molecule has 0 saturated carbocycles. The molecule has 2 aromatic carbocycles. The van der Waals surface area contributed by atoms with Crippen molar-refractivity contribution in [1.82, 2.24) is 9.88 Å². The Morgan fingerprint density at radius 2 is 1.64 bits per heavy atom. The van der Waals surface area contributed by atoms with Gasteiger partial charge in [0.15, 0.2) is 0 Å². The van der Waals surface area contributed by atoms with Crippen LogP contribution in [0.5, 0.6) is 11.5 Å². The lowest BCUT2D eigenvalue weighted by molar-refractivity contribution is 0.0401. The van der Waals surface area contributed by atoms with Crippen molar-refractivity contribution in [3.05, 3.63) is 72.9 Å². The lowest BCUT2D eigenvalue weighted by Crippen LogP contribution is -2.43. The SMILES string of the molecule is CN(C)c1ccc(-c2ccc(OC3CCN(CC(O)COc4ccccc4)CC3)cc2)cn1. The topological polar surface area (TPSA) is 58.1 Å². The van der Waals surface area contributed by atoms with E-state index in [1.54, 1.807) is 0 Å². The number of aliphatic hydroxyl groups excluding tert-OH is 1. The molecule has 0 bridgehead atoms. The van der Waals surface area contributed by atoms with Gasteiger partial charge in [0.2, 0.25) is 0 Å². The quantitative estimate of drug-likeness (QED) is 0.533. The number of hydrogen-bond acceptors (Lipinski definition) is 6. The van der Waals surface area contributed by atoms with Crippen LogP contribution in [0.25, 0.3) is 11.1 Å². The summed E-state index contributed by atoms with van der Waals surface area (Å²) < 4.78 is 11.9. The fourth-order valence-electron chi connectivity index (χ4n) is 4.01. The molecule has 1 saturated heterocycles. The van der Waals surface area contributed by atoms with E-state index in [1.807, 2.05) is 73.7 Å². The number of hydrogen-bond donors (Lipinski definition) is 1. The standard InChI is InChI=1S/C27H33N3O3/c1-29(2)27-13-10-22(18-28-27)21-8-11-25(12-9-21)33-26-14-16-30(17-15-26)19-23(31)20-32-24-6-4-3-5-7-24/h3-13,18,23,26,31H,14-17,19-20H2,1-2H3. The Labute approximate surface area is 196 Å². The van der Waals surface area contributed by atoms with Crippen LogP contribution in [0.2, 0.25) is 0 Å². The highest BCUT2D eigenvalue weighted by atomic mass is 16.5. The zero-order valence-corrected chi connectivity index (χ0v) is 19.4. The van der Waals surface area contributed by atoms with E-state index in [0.717, 1.165) is 54.4 Å². The van der Waals surface area contributed by atoms with Crippen molar-refractivity contribution in [2.45, 2.75) is 25.0 Å². The number of aromatic nitrogens is 1. The number of likely N-dealkylation sites (tertiary alicyclic amines) is 1. The number of piperidine rings is 1. The summed E-state index contributed by atoms with van der Waals surface area (Å²) in [6.07, 6.45) is 3.50. The first-order chi connectivity index (χ1) is 16.1. The fraction of sp³-hybridized carbons (Fsp3) is 0.370. The van der Waals surface area contributed by atoms with Crippen LogP contribution < -0.4 is 14.4 Å². The molecule has 1 unspecified atom stereocenters. The van der Waals surface area contributed by atoms with Crippen molar-refractivity contribution in [3.63, 3.8) is 0 Å². The van der Waals surface area contributed by atoms with Crippen LogP contribution in [-0.2, 0) is 0 Å². The molecule has 1 atom stereocenters. The molecule has 1 aromatic heterocycles. The van der Waals surface area contributed by atoms with Crippen molar-refractivity contribution in [3.8, 4) is 22.6 Å². The van der Waals surface area contributed by atoms with E-state index in [-0.39, 0.29) is 6.10 Å². The van der Waals surface area contributed by atoms with E-state index in [4.69, 9.17) is 9.47 Å². The van der Waals surface area contributed by atoms with Gasteiger partial charge in [0, 0.05) is 45.5 Å². The van der Waals surface area contributed by atoms with Crippen LogP contribution in [0.15, 0.2) is 72.9 Å². The van der Waals surface area contributed by atoms with Crippen molar-refractivity contribution >= 4 is 5.82 Å². The third kappa shape index (κ3) is 6.70. The summed E-state index contributed by atoms with van der Waals surface area (Å²) in [6, 6.07) is 22.0. The molecule has 0 aliphatic carbocycles. The van der Waals surface area contributed by atoms with Crippen LogP contribution in [0, 0.1) is 0 Å². The van der Waals surface area contributed by atoms with Crippen LogP contribution in [-0.4, -0.2) is 67.5 Å². The second-order valence-corrected chi connectivity index (χ2v) is 8.72. The van der Waals surface area contributed by atoms with Gasteiger partial charge in [0.05, 0.1) is 0 Å². The number of rotatable bonds is 9. The predicted octanol–water partition coefficient (Wildman–Crippen LogP) is 4.10. The second-order valence-electron chi connectivity index (χ2n) is 8.72. The van der Waals surface area contributed by atoms with E-state index in [9.17, 15) is 5.11 Å². The summed E-state index contributed by atoms with van der Waals surface area (Å²) in [7, 11) is 3.97. The minimum Gasteiger partial charge on any atom is -0.491 e. The monoisotopic (exact) mass is 447 g/mol. The Hall–Kier alpha value is -3.09. The number of benzene rings is 2. The number of anilines is 1. The van der Waals surface area contributed by atoms with Gasteiger partial charge in [-0.2, -0.15) is 0 Å². The van der Waals surface area contributed by atoms with Gasteiger partial charge in [-0.05, 0) is 54.8 Å². The minimum absolute atomic E-state index is 0.200. The van der Waals surface area contributed by atoms with Crippen LogP contribution in [0.3, 0.4) is 0 Å².